The minimum atomic E-state index is -0.671. The van der Waals surface area contributed by atoms with Gasteiger partial charge >= 0.3 is 5.69 Å². The van der Waals surface area contributed by atoms with Crippen LogP contribution in [-0.4, -0.2) is 40.6 Å². The van der Waals surface area contributed by atoms with E-state index in [9.17, 15) is 19.1 Å². The Morgan fingerprint density at radius 3 is 1.97 bits per heavy atom. The quantitative estimate of drug-likeness (QED) is 0.562. The predicted octanol–water partition coefficient (Wildman–Crippen LogP) is 2.30. The summed E-state index contributed by atoms with van der Waals surface area (Å²) >= 11 is 0. The Kier molecular flexibility index (Phi) is 8.83. The van der Waals surface area contributed by atoms with Crippen LogP contribution in [0.5, 0.6) is 0 Å². The number of halogens is 2. The molecule has 160 valence electrons. The van der Waals surface area contributed by atoms with Crippen LogP contribution in [0.15, 0.2) is 76.4 Å². The highest BCUT2D eigenvalue weighted by molar-refractivity contribution is 5.85. The van der Waals surface area contributed by atoms with Gasteiger partial charge in [-0.3, -0.25) is 13.9 Å². The molecule has 2 aromatic carbocycles. The number of anilines is 1. The number of alkyl halides is 1. The first-order valence-electron chi connectivity index (χ1n) is 9.48. The van der Waals surface area contributed by atoms with Crippen molar-refractivity contribution in [3.63, 3.8) is 0 Å². The monoisotopic (exact) mass is 433 g/mol. The molecule has 30 heavy (non-hydrogen) atoms. The molecule has 6 nitrogen and oxygen atoms in total. The highest BCUT2D eigenvalue weighted by atomic mass is 35.5. The Morgan fingerprint density at radius 1 is 0.867 bits per heavy atom. The Labute approximate surface area is 180 Å². The van der Waals surface area contributed by atoms with Crippen molar-refractivity contribution in [2.75, 3.05) is 31.3 Å². The average Bonchev–Trinajstić information content (AvgIpc) is 2.74. The molecule has 1 N–H and O–H groups in total. The zero-order valence-electron chi connectivity index (χ0n) is 16.5. The lowest BCUT2D eigenvalue weighted by atomic mass is 10.2. The second kappa shape index (κ2) is 11.3. The first kappa shape index (κ1) is 23.4. The van der Waals surface area contributed by atoms with Crippen LogP contribution in [0.4, 0.5) is 10.1 Å². The summed E-state index contributed by atoms with van der Waals surface area (Å²) in [7, 11) is 0. The van der Waals surface area contributed by atoms with Crippen molar-refractivity contribution in [2.24, 2.45) is 0 Å². The third-order valence-corrected chi connectivity index (χ3v) is 4.66. The second-order valence-electron chi connectivity index (χ2n) is 6.69. The molecule has 0 radical (unpaired) electrons. The molecule has 0 amide bonds. The van der Waals surface area contributed by atoms with Gasteiger partial charge in [0, 0.05) is 19.3 Å². The fourth-order valence-corrected chi connectivity index (χ4v) is 3.23. The molecular formula is C22H25ClFN3O3. The van der Waals surface area contributed by atoms with E-state index >= 15 is 0 Å². The first-order valence-corrected chi connectivity index (χ1v) is 9.48. The van der Waals surface area contributed by atoms with E-state index in [4.69, 9.17) is 0 Å². The maximum absolute atomic E-state index is 13.1. The molecule has 0 fully saturated rings. The van der Waals surface area contributed by atoms with E-state index in [0.29, 0.717) is 0 Å². The van der Waals surface area contributed by atoms with Gasteiger partial charge in [-0.2, -0.15) is 0 Å². The van der Waals surface area contributed by atoms with Crippen molar-refractivity contribution >= 4 is 18.1 Å². The van der Waals surface area contributed by atoms with Gasteiger partial charge in [0.05, 0.1) is 19.7 Å². The van der Waals surface area contributed by atoms with E-state index in [1.807, 2.05) is 60.7 Å². The van der Waals surface area contributed by atoms with E-state index < -0.39 is 17.9 Å². The van der Waals surface area contributed by atoms with Crippen LogP contribution in [-0.2, 0) is 13.1 Å². The highest BCUT2D eigenvalue weighted by Crippen LogP contribution is 2.09. The molecule has 0 unspecified atom stereocenters. The minimum Gasteiger partial charge on any atom is -0.395 e. The number of hydrogen-bond acceptors (Lipinski definition) is 4. The molecule has 0 aliphatic rings. The number of rotatable bonds is 9. The van der Waals surface area contributed by atoms with E-state index in [1.54, 1.807) is 0 Å². The van der Waals surface area contributed by atoms with Crippen LogP contribution in [0.1, 0.15) is 11.1 Å². The Bertz CT molecular complexity index is 1030. The zero-order valence-corrected chi connectivity index (χ0v) is 17.3. The van der Waals surface area contributed by atoms with Crippen molar-refractivity contribution in [1.82, 2.24) is 9.13 Å². The van der Waals surface area contributed by atoms with Crippen molar-refractivity contribution < 1.29 is 9.50 Å². The number of aliphatic hydroxyl groups is 1. The summed E-state index contributed by atoms with van der Waals surface area (Å²) in [4.78, 5) is 27.6. The third kappa shape index (κ3) is 5.58. The van der Waals surface area contributed by atoms with Crippen LogP contribution in [0.25, 0.3) is 0 Å². The SMILES string of the molecule is Cl.O=c1c(N(CCO)CCF)cn(Cc2ccccc2)c(=O)n1Cc1ccccc1. The molecule has 0 spiro atoms. The molecule has 0 saturated heterocycles. The maximum Gasteiger partial charge on any atom is 0.331 e. The van der Waals surface area contributed by atoms with E-state index in [2.05, 4.69) is 0 Å². The zero-order chi connectivity index (χ0) is 20.6. The second-order valence-corrected chi connectivity index (χ2v) is 6.69. The lowest BCUT2D eigenvalue weighted by Gasteiger charge is -2.24. The number of benzene rings is 2. The lowest BCUT2D eigenvalue weighted by Crippen LogP contribution is -2.44. The summed E-state index contributed by atoms with van der Waals surface area (Å²) in [6.45, 7) is -0.432. The molecule has 8 heteroatoms. The van der Waals surface area contributed by atoms with Gasteiger partial charge in [0.15, 0.2) is 0 Å². The smallest absolute Gasteiger partial charge is 0.331 e. The molecule has 1 heterocycles. The number of nitrogens with zero attached hydrogens (tertiary/aromatic N) is 3. The number of aliphatic hydroxyl groups excluding tert-OH is 1. The summed E-state index contributed by atoms with van der Waals surface area (Å²) < 4.78 is 15.7. The third-order valence-electron chi connectivity index (χ3n) is 4.66. The summed E-state index contributed by atoms with van der Waals surface area (Å²) in [6, 6.07) is 18.7. The molecule has 3 aromatic rings. The van der Waals surface area contributed by atoms with Crippen molar-refractivity contribution in [1.29, 1.82) is 0 Å². The number of aromatic nitrogens is 2. The standard InChI is InChI=1S/C22H24FN3O3.ClH/c23-11-12-24(13-14-27)20-17-25(15-18-7-3-1-4-8-18)22(29)26(21(20)28)16-19-9-5-2-6-10-19;/h1-10,17,27H,11-16H2;1H. The fraction of sp³-hybridized carbons (Fsp3) is 0.273. The molecule has 0 aliphatic heterocycles. The van der Waals surface area contributed by atoms with Gasteiger partial charge in [0.2, 0.25) is 0 Å². The van der Waals surface area contributed by atoms with Gasteiger partial charge < -0.3 is 10.0 Å². The van der Waals surface area contributed by atoms with E-state index in [1.165, 1.54) is 15.7 Å². The molecule has 0 atom stereocenters. The summed E-state index contributed by atoms with van der Waals surface area (Å²) in [5, 5.41) is 9.34. The Morgan fingerprint density at radius 2 is 1.43 bits per heavy atom. The average molecular weight is 434 g/mol. The minimum absolute atomic E-state index is 0. The topological polar surface area (TPSA) is 67.5 Å². The molecule has 1 aromatic heterocycles. The van der Waals surface area contributed by atoms with Crippen LogP contribution in [0.2, 0.25) is 0 Å². The highest BCUT2D eigenvalue weighted by Gasteiger charge is 2.17. The molecular weight excluding hydrogens is 409 g/mol. The van der Waals surface area contributed by atoms with Crippen molar-refractivity contribution in [3.8, 4) is 0 Å². The molecule has 3 rings (SSSR count). The molecule has 0 bridgehead atoms. The first-order chi connectivity index (χ1) is 14.1. The normalized spacial score (nSPS) is 10.5. The summed E-state index contributed by atoms with van der Waals surface area (Å²) in [5.74, 6) is 0. The van der Waals surface area contributed by atoms with Gasteiger partial charge in [0.1, 0.15) is 12.4 Å². The van der Waals surface area contributed by atoms with Crippen LogP contribution < -0.4 is 16.1 Å². The van der Waals surface area contributed by atoms with Gasteiger partial charge in [-0.05, 0) is 11.1 Å². The molecule has 0 aliphatic carbocycles. The van der Waals surface area contributed by atoms with E-state index in [0.717, 1.165) is 15.7 Å². The molecule has 0 saturated carbocycles. The Balaban J connectivity index is 0.00000320. The lowest BCUT2D eigenvalue weighted by molar-refractivity contribution is 0.300. The predicted molar refractivity (Wildman–Crippen MR) is 119 cm³/mol. The van der Waals surface area contributed by atoms with Crippen molar-refractivity contribution in [3.05, 3.63) is 98.8 Å². The van der Waals surface area contributed by atoms with Crippen LogP contribution in [0.3, 0.4) is 0 Å². The van der Waals surface area contributed by atoms with Crippen LogP contribution >= 0.6 is 12.4 Å². The van der Waals surface area contributed by atoms with Gasteiger partial charge in [-0.1, -0.05) is 60.7 Å². The van der Waals surface area contributed by atoms with Gasteiger partial charge in [0.25, 0.3) is 5.56 Å². The van der Waals surface area contributed by atoms with E-state index in [-0.39, 0.29) is 50.9 Å². The summed E-state index contributed by atoms with van der Waals surface area (Å²) in [5.41, 5.74) is 0.989. The maximum atomic E-state index is 13.1. The van der Waals surface area contributed by atoms with Crippen molar-refractivity contribution in [2.45, 2.75) is 13.1 Å². The summed E-state index contributed by atoms with van der Waals surface area (Å²) in [6.07, 6.45) is 1.46. The largest absolute Gasteiger partial charge is 0.395 e. The Hall–Kier alpha value is -2.90. The van der Waals surface area contributed by atoms with Gasteiger partial charge in [-0.25, -0.2) is 9.18 Å². The van der Waals surface area contributed by atoms with Gasteiger partial charge in [-0.15, -0.1) is 12.4 Å². The fourth-order valence-electron chi connectivity index (χ4n) is 3.23. The number of hydrogen-bond donors (Lipinski definition) is 1. The van der Waals surface area contributed by atoms with Crippen LogP contribution in [0, 0.1) is 0 Å².